The lowest BCUT2D eigenvalue weighted by atomic mass is 9.96. The number of oxazole rings is 1. The predicted octanol–water partition coefficient (Wildman–Crippen LogP) is 10.1. The summed E-state index contributed by atoms with van der Waals surface area (Å²) in [5, 5.41) is 13.1. The molecule has 206 valence electrons. The molecule has 43 heavy (non-hydrogen) atoms. The van der Waals surface area contributed by atoms with Crippen LogP contribution in [0.25, 0.3) is 66.7 Å². The molecule has 7 rings (SSSR count). The summed E-state index contributed by atoms with van der Waals surface area (Å²) < 4.78 is 5.93. The van der Waals surface area contributed by atoms with Crippen molar-refractivity contribution >= 4 is 35.1 Å². The number of rotatable bonds is 5. The van der Waals surface area contributed by atoms with E-state index in [2.05, 4.69) is 128 Å². The zero-order valence-electron chi connectivity index (χ0n) is 24.4. The molecule has 0 radical (unpaired) electrons. The van der Waals surface area contributed by atoms with Crippen LogP contribution in [-0.4, -0.2) is 13.1 Å². The van der Waals surface area contributed by atoms with Crippen LogP contribution < -0.4 is 5.19 Å². The highest BCUT2D eigenvalue weighted by Gasteiger charge is 2.16. The maximum absolute atomic E-state index is 9.15. The molecule has 0 N–H and O–H groups in total. The standard InChI is InChI=1S/C39H30N2OSi/c1-43(2,3)36-19-17-28(18-20-36)27-5-7-29(8-6-27)32-13-15-35-24-33(14-16-34(35)23-32)30-9-11-31(12-10-30)39-41-37-21-4-26(25-40)22-38(37)42-39/h4-24H,1-3H3. The van der Waals surface area contributed by atoms with E-state index in [0.717, 1.165) is 22.2 Å². The van der Waals surface area contributed by atoms with Gasteiger partial charge in [0.25, 0.3) is 0 Å². The Hall–Kier alpha value is -5.24. The summed E-state index contributed by atoms with van der Waals surface area (Å²) in [6.07, 6.45) is 0. The van der Waals surface area contributed by atoms with Crippen molar-refractivity contribution in [2.24, 2.45) is 0 Å². The highest BCUT2D eigenvalue weighted by molar-refractivity contribution is 6.88. The van der Waals surface area contributed by atoms with E-state index in [1.807, 2.05) is 18.2 Å². The van der Waals surface area contributed by atoms with Crippen LogP contribution in [0, 0.1) is 11.3 Å². The van der Waals surface area contributed by atoms with Crippen molar-refractivity contribution < 1.29 is 4.42 Å². The van der Waals surface area contributed by atoms with Gasteiger partial charge in [0.05, 0.1) is 19.7 Å². The fourth-order valence-corrected chi connectivity index (χ4v) is 6.71. The quantitative estimate of drug-likeness (QED) is 0.193. The minimum absolute atomic E-state index is 0.552. The number of hydrogen-bond donors (Lipinski definition) is 0. The zero-order valence-corrected chi connectivity index (χ0v) is 25.4. The van der Waals surface area contributed by atoms with Crippen molar-refractivity contribution in [3.8, 4) is 50.9 Å². The van der Waals surface area contributed by atoms with E-state index in [-0.39, 0.29) is 0 Å². The van der Waals surface area contributed by atoms with Crippen LogP contribution in [0.1, 0.15) is 5.56 Å². The topological polar surface area (TPSA) is 49.8 Å². The summed E-state index contributed by atoms with van der Waals surface area (Å²) in [5.74, 6) is 0.552. The minimum Gasteiger partial charge on any atom is -0.436 e. The highest BCUT2D eigenvalue weighted by atomic mass is 28.3. The SMILES string of the molecule is C[Si](C)(C)c1ccc(-c2ccc(-c3ccc4cc(-c5ccc(-c6nc7ccc(C#N)cc7o6)cc5)ccc4c3)cc2)cc1. The Balaban J connectivity index is 1.10. The molecular weight excluding hydrogens is 541 g/mol. The van der Waals surface area contributed by atoms with Gasteiger partial charge in [-0.2, -0.15) is 5.26 Å². The molecule has 0 unspecified atom stereocenters. The molecule has 4 heteroatoms. The number of nitrogens with zero attached hydrogens (tertiary/aromatic N) is 2. The van der Waals surface area contributed by atoms with Crippen LogP contribution in [0.3, 0.4) is 0 Å². The molecule has 1 aromatic heterocycles. The van der Waals surface area contributed by atoms with E-state index >= 15 is 0 Å². The molecule has 0 saturated carbocycles. The Morgan fingerprint density at radius 2 is 1.00 bits per heavy atom. The molecule has 0 saturated heterocycles. The van der Waals surface area contributed by atoms with Crippen LogP contribution >= 0.6 is 0 Å². The van der Waals surface area contributed by atoms with Crippen molar-refractivity contribution in [3.05, 3.63) is 133 Å². The van der Waals surface area contributed by atoms with Gasteiger partial charge in [0.15, 0.2) is 5.58 Å². The Bertz CT molecular complexity index is 2140. The number of aromatic nitrogens is 1. The number of benzene rings is 6. The number of nitriles is 1. The molecule has 0 bridgehead atoms. The summed E-state index contributed by atoms with van der Waals surface area (Å²) in [5.41, 5.74) is 10.0. The second-order valence-corrected chi connectivity index (χ2v) is 17.1. The first kappa shape index (κ1) is 26.6. The molecule has 6 aromatic carbocycles. The average molecular weight is 571 g/mol. The third-order valence-electron chi connectivity index (χ3n) is 8.13. The summed E-state index contributed by atoms with van der Waals surface area (Å²) in [4.78, 5) is 4.59. The fourth-order valence-electron chi connectivity index (χ4n) is 5.55. The smallest absolute Gasteiger partial charge is 0.227 e. The zero-order chi connectivity index (χ0) is 29.6. The van der Waals surface area contributed by atoms with Crippen molar-refractivity contribution in [2.45, 2.75) is 19.6 Å². The van der Waals surface area contributed by atoms with Crippen molar-refractivity contribution in [2.75, 3.05) is 0 Å². The summed E-state index contributed by atoms with van der Waals surface area (Å²) in [6.45, 7) is 7.15. The lowest BCUT2D eigenvalue weighted by molar-refractivity contribution is 0.620. The van der Waals surface area contributed by atoms with Crippen LogP contribution in [0.5, 0.6) is 0 Å². The van der Waals surface area contributed by atoms with E-state index in [9.17, 15) is 0 Å². The van der Waals surface area contributed by atoms with E-state index in [0.29, 0.717) is 17.0 Å². The maximum atomic E-state index is 9.15. The number of hydrogen-bond acceptors (Lipinski definition) is 3. The van der Waals surface area contributed by atoms with Crippen molar-refractivity contribution in [3.63, 3.8) is 0 Å². The van der Waals surface area contributed by atoms with Crippen LogP contribution in [-0.2, 0) is 0 Å². The summed E-state index contributed by atoms with van der Waals surface area (Å²) >= 11 is 0. The molecule has 0 amide bonds. The molecule has 7 aromatic rings. The molecule has 0 atom stereocenters. The van der Waals surface area contributed by atoms with Crippen LogP contribution in [0.15, 0.2) is 132 Å². The first-order chi connectivity index (χ1) is 20.8. The molecule has 1 heterocycles. The second-order valence-electron chi connectivity index (χ2n) is 12.1. The molecule has 0 spiro atoms. The van der Waals surface area contributed by atoms with Gasteiger partial charge in [-0.3, -0.25) is 0 Å². The molecule has 0 fully saturated rings. The first-order valence-electron chi connectivity index (χ1n) is 14.5. The van der Waals surface area contributed by atoms with E-state index < -0.39 is 8.07 Å². The van der Waals surface area contributed by atoms with Crippen molar-refractivity contribution in [1.29, 1.82) is 5.26 Å². The third-order valence-corrected chi connectivity index (χ3v) is 10.2. The third kappa shape index (κ3) is 5.27. The van der Waals surface area contributed by atoms with E-state index in [1.54, 1.807) is 12.1 Å². The largest absolute Gasteiger partial charge is 0.436 e. The van der Waals surface area contributed by atoms with Gasteiger partial charge >= 0.3 is 0 Å². The monoisotopic (exact) mass is 570 g/mol. The van der Waals surface area contributed by atoms with Crippen LogP contribution in [0.4, 0.5) is 0 Å². The Morgan fingerprint density at radius 3 is 1.51 bits per heavy atom. The molecule has 3 nitrogen and oxygen atoms in total. The molecule has 0 aliphatic rings. The van der Waals surface area contributed by atoms with E-state index in [4.69, 9.17) is 9.68 Å². The summed E-state index contributed by atoms with van der Waals surface area (Å²) in [7, 11) is -1.29. The normalized spacial score (nSPS) is 11.6. The lowest BCUT2D eigenvalue weighted by Crippen LogP contribution is -2.37. The lowest BCUT2D eigenvalue weighted by Gasteiger charge is -2.16. The van der Waals surface area contributed by atoms with Gasteiger partial charge < -0.3 is 4.42 Å². The van der Waals surface area contributed by atoms with Gasteiger partial charge in [0, 0.05) is 11.6 Å². The molecule has 0 aliphatic carbocycles. The minimum atomic E-state index is -1.29. The van der Waals surface area contributed by atoms with Crippen LogP contribution in [0.2, 0.25) is 19.6 Å². The van der Waals surface area contributed by atoms with E-state index in [1.165, 1.54) is 38.2 Å². The van der Waals surface area contributed by atoms with Gasteiger partial charge in [0.1, 0.15) is 5.52 Å². The van der Waals surface area contributed by atoms with Gasteiger partial charge in [-0.1, -0.05) is 110 Å². The molecule has 0 aliphatic heterocycles. The van der Waals surface area contributed by atoms with Gasteiger partial charge in [-0.05, 0) is 80.6 Å². The Kier molecular flexibility index (Phi) is 6.53. The highest BCUT2D eigenvalue weighted by Crippen LogP contribution is 2.32. The van der Waals surface area contributed by atoms with Gasteiger partial charge in [0.2, 0.25) is 5.89 Å². The summed E-state index contributed by atoms with van der Waals surface area (Å²) in [6, 6.07) is 47.0. The maximum Gasteiger partial charge on any atom is 0.227 e. The Morgan fingerprint density at radius 1 is 0.535 bits per heavy atom. The van der Waals surface area contributed by atoms with Gasteiger partial charge in [-0.25, -0.2) is 4.98 Å². The fraction of sp³-hybridized carbons (Fsp3) is 0.0769. The second kappa shape index (κ2) is 10.5. The predicted molar refractivity (Wildman–Crippen MR) is 181 cm³/mol. The van der Waals surface area contributed by atoms with Gasteiger partial charge in [-0.15, -0.1) is 0 Å². The Labute approximate surface area is 252 Å². The van der Waals surface area contributed by atoms with Crippen molar-refractivity contribution in [1.82, 2.24) is 4.98 Å². The molecular formula is C39H30N2OSi. The first-order valence-corrected chi connectivity index (χ1v) is 18.0. The average Bonchev–Trinajstić information content (AvgIpc) is 3.48. The number of fused-ring (bicyclic) bond motifs is 2.